The first kappa shape index (κ1) is 49.1. The third kappa shape index (κ3) is 39.9. The fourth-order valence-corrected chi connectivity index (χ4v) is 5.49. The van der Waals surface area contributed by atoms with Crippen LogP contribution in [0.15, 0.2) is 85.1 Å². The van der Waals surface area contributed by atoms with Crippen LogP contribution in [0.4, 0.5) is 0 Å². The highest BCUT2D eigenvalue weighted by molar-refractivity contribution is 5.70. The van der Waals surface area contributed by atoms with Crippen LogP contribution in [-0.2, 0) is 19.1 Å². The van der Waals surface area contributed by atoms with E-state index in [1.165, 1.54) is 51.4 Å². The van der Waals surface area contributed by atoms with Gasteiger partial charge in [-0.05, 0) is 89.9 Å². The molecule has 0 saturated carbocycles. The zero-order valence-corrected chi connectivity index (χ0v) is 33.5. The van der Waals surface area contributed by atoms with Crippen molar-refractivity contribution in [1.82, 2.24) is 0 Å². The second-order valence-corrected chi connectivity index (χ2v) is 13.7. The molecule has 0 rings (SSSR count). The Morgan fingerprint density at radius 2 is 0.827 bits per heavy atom. The van der Waals surface area contributed by atoms with Crippen molar-refractivity contribution in [3.05, 3.63) is 85.1 Å². The van der Waals surface area contributed by atoms with Crippen LogP contribution in [0.1, 0.15) is 181 Å². The number of carbonyl (C=O) groups excluding carboxylic acids is 2. The van der Waals surface area contributed by atoms with Crippen molar-refractivity contribution < 1.29 is 24.2 Å². The van der Waals surface area contributed by atoms with Crippen LogP contribution < -0.4 is 0 Å². The summed E-state index contributed by atoms with van der Waals surface area (Å²) in [6.45, 7) is 3.97. The van der Waals surface area contributed by atoms with Crippen LogP contribution in [0.2, 0.25) is 0 Å². The summed E-state index contributed by atoms with van der Waals surface area (Å²) in [5.74, 6) is -0.628. The molecule has 0 heterocycles. The Balaban J connectivity index is 3.64. The highest BCUT2D eigenvalue weighted by atomic mass is 16.6. The maximum absolute atomic E-state index is 12.2. The predicted octanol–water partition coefficient (Wildman–Crippen LogP) is 13.5. The van der Waals surface area contributed by atoms with Crippen molar-refractivity contribution in [2.75, 3.05) is 13.2 Å². The SMILES string of the molecule is CC/C=C\C/C=C\C/C=C\C/C=C\C/C=C\CCCCCCCC(=O)OC(CO)COC(=O)CCCCCCCCC/C=C\C/C=C\CCCCC. The van der Waals surface area contributed by atoms with Crippen LogP contribution in [-0.4, -0.2) is 36.4 Å². The molecular formula is C47H78O5. The Bertz CT molecular complexity index is 999. The molecule has 0 saturated heterocycles. The molecule has 1 N–H and O–H groups in total. The van der Waals surface area contributed by atoms with Gasteiger partial charge in [0.2, 0.25) is 0 Å². The minimum atomic E-state index is -0.790. The van der Waals surface area contributed by atoms with Gasteiger partial charge in [-0.2, -0.15) is 0 Å². The lowest BCUT2D eigenvalue weighted by Gasteiger charge is -2.15. The molecular weight excluding hydrogens is 645 g/mol. The molecule has 0 aromatic heterocycles. The number of rotatable bonds is 37. The normalized spacial score (nSPS) is 13.1. The number of aliphatic hydroxyl groups is 1. The third-order valence-electron chi connectivity index (χ3n) is 8.67. The number of ether oxygens (including phenoxy) is 2. The standard InChI is InChI=1S/C47H78O5/c1-3-5-7-9-11-13-15-17-19-21-22-23-24-26-28-30-32-34-36-38-40-42-47(50)52-45(43-48)44-51-46(49)41-39-37-35-33-31-29-27-25-20-18-16-14-12-10-8-6-4-2/h5,7,11-14,17-20,22-23,26,28,45,48H,3-4,6,8-10,15-16,21,24-25,27,29-44H2,1-2H3/b7-5-,13-11-,14-12-,19-17-,20-18-,23-22-,28-26-. The number of hydrogen-bond donors (Lipinski definition) is 1. The summed E-state index contributed by atoms with van der Waals surface area (Å²) in [5, 5.41) is 9.58. The number of allylic oxidation sites excluding steroid dienone is 14. The Kier molecular flexibility index (Phi) is 40.1. The monoisotopic (exact) mass is 723 g/mol. The van der Waals surface area contributed by atoms with Gasteiger partial charge >= 0.3 is 11.9 Å². The van der Waals surface area contributed by atoms with E-state index in [9.17, 15) is 14.7 Å². The first-order valence-corrected chi connectivity index (χ1v) is 21.1. The highest BCUT2D eigenvalue weighted by Crippen LogP contribution is 2.12. The summed E-state index contributed by atoms with van der Waals surface area (Å²) < 4.78 is 10.6. The summed E-state index contributed by atoms with van der Waals surface area (Å²) in [5.41, 5.74) is 0. The average molecular weight is 723 g/mol. The van der Waals surface area contributed by atoms with Crippen LogP contribution in [0, 0.1) is 0 Å². The fourth-order valence-electron chi connectivity index (χ4n) is 5.49. The van der Waals surface area contributed by atoms with E-state index in [0.717, 1.165) is 103 Å². The Labute approximate surface area is 320 Å². The molecule has 52 heavy (non-hydrogen) atoms. The predicted molar refractivity (Wildman–Crippen MR) is 223 cm³/mol. The minimum Gasteiger partial charge on any atom is -0.462 e. The second-order valence-electron chi connectivity index (χ2n) is 13.7. The van der Waals surface area contributed by atoms with Crippen LogP contribution in [0.25, 0.3) is 0 Å². The molecule has 5 heteroatoms. The van der Waals surface area contributed by atoms with Gasteiger partial charge in [-0.25, -0.2) is 0 Å². The zero-order valence-electron chi connectivity index (χ0n) is 33.5. The fraction of sp³-hybridized carbons (Fsp3) is 0.660. The van der Waals surface area contributed by atoms with Crippen LogP contribution >= 0.6 is 0 Å². The topological polar surface area (TPSA) is 72.8 Å². The lowest BCUT2D eigenvalue weighted by molar-refractivity contribution is -0.161. The molecule has 0 bridgehead atoms. The molecule has 0 fully saturated rings. The Morgan fingerprint density at radius 1 is 0.462 bits per heavy atom. The highest BCUT2D eigenvalue weighted by Gasteiger charge is 2.16. The van der Waals surface area contributed by atoms with E-state index in [0.29, 0.717) is 12.8 Å². The maximum Gasteiger partial charge on any atom is 0.306 e. The number of aliphatic hydroxyl groups excluding tert-OH is 1. The summed E-state index contributed by atoms with van der Waals surface area (Å²) in [4.78, 5) is 24.3. The van der Waals surface area contributed by atoms with Crippen molar-refractivity contribution in [1.29, 1.82) is 0 Å². The lowest BCUT2D eigenvalue weighted by Crippen LogP contribution is -2.28. The molecule has 0 aliphatic carbocycles. The number of unbranched alkanes of at least 4 members (excludes halogenated alkanes) is 15. The van der Waals surface area contributed by atoms with E-state index in [1.807, 2.05) is 0 Å². The van der Waals surface area contributed by atoms with Gasteiger partial charge in [0.1, 0.15) is 6.61 Å². The molecule has 0 aliphatic heterocycles. The van der Waals surface area contributed by atoms with Gasteiger partial charge in [0.15, 0.2) is 6.10 Å². The molecule has 296 valence electrons. The van der Waals surface area contributed by atoms with Gasteiger partial charge in [-0.15, -0.1) is 0 Å². The Hall–Kier alpha value is -2.92. The van der Waals surface area contributed by atoms with Gasteiger partial charge in [-0.3, -0.25) is 9.59 Å². The second kappa shape index (κ2) is 42.5. The van der Waals surface area contributed by atoms with E-state index in [4.69, 9.17) is 9.47 Å². The molecule has 0 spiro atoms. The van der Waals surface area contributed by atoms with Gasteiger partial charge < -0.3 is 14.6 Å². The molecule has 5 nitrogen and oxygen atoms in total. The first-order chi connectivity index (χ1) is 25.6. The lowest BCUT2D eigenvalue weighted by atomic mass is 10.1. The average Bonchev–Trinajstić information content (AvgIpc) is 3.15. The summed E-state index contributed by atoms with van der Waals surface area (Å²) in [7, 11) is 0. The van der Waals surface area contributed by atoms with Crippen molar-refractivity contribution in [2.45, 2.75) is 187 Å². The van der Waals surface area contributed by atoms with E-state index in [2.05, 4.69) is 98.9 Å². The zero-order chi connectivity index (χ0) is 37.8. The molecule has 1 atom stereocenters. The van der Waals surface area contributed by atoms with E-state index in [-0.39, 0.29) is 25.2 Å². The van der Waals surface area contributed by atoms with Gasteiger partial charge in [0, 0.05) is 12.8 Å². The smallest absolute Gasteiger partial charge is 0.306 e. The van der Waals surface area contributed by atoms with Gasteiger partial charge in [0.05, 0.1) is 6.61 Å². The quantitative estimate of drug-likeness (QED) is 0.0393. The number of esters is 2. The van der Waals surface area contributed by atoms with Crippen molar-refractivity contribution >= 4 is 11.9 Å². The molecule has 0 amide bonds. The maximum atomic E-state index is 12.2. The summed E-state index contributed by atoms with van der Waals surface area (Å²) in [6.07, 6.45) is 57.8. The molecule has 0 radical (unpaired) electrons. The summed E-state index contributed by atoms with van der Waals surface area (Å²) in [6, 6.07) is 0. The van der Waals surface area contributed by atoms with Crippen LogP contribution in [0.3, 0.4) is 0 Å². The van der Waals surface area contributed by atoms with Crippen LogP contribution in [0.5, 0.6) is 0 Å². The molecule has 0 aromatic carbocycles. The third-order valence-corrected chi connectivity index (χ3v) is 8.67. The van der Waals surface area contributed by atoms with Crippen molar-refractivity contribution in [3.8, 4) is 0 Å². The Morgan fingerprint density at radius 3 is 1.25 bits per heavy atom. The molecule has 1 unspecified atom stereocenters. The van der Waals surface area contributed by atoms with Crippen molar-refractivity contribution in [3.63, 3.8) is 0 Å². The van der Waals surface area contributed by atoms with Gasteiger partial charge in [0.25, 0.3) is 0 Å². The van der Waals surface area contributed by atoms with Gasteiger partial charge in [-0.1, -0.05) is 163 Å². The summed E-state index contributed by atoms with van der Waals surface area (Å²) >= 11 is 0. The van der Waals surface area contributed by atoms with E-state index >= 15 is 0 Å². The molecule has 0 aliphatic rings. The molecule has 0 aromatic rings. The number of carbonyl (C=O) groups is 2. The van der Waals surface area contributed by atoms with E-state index in [1.54, 1.807) is 0 Å². The minimum absolute atomic E-state index is 0.0828. The number of hydrogen-bond acceptors (Lipinski definition) is 5. The van der Waals surface area contributed by atoms with E-state index < -0.39 is 6.10 Å². The first-order valence-electron chi connectivity index (χ1n) is 21.1. The largest absolute Gasteiger partial charge is 0.462 e. The van der Waals surface area contributed by atoms with Crippen molar-refractivity contribution in [2.24, 2.45) is 0 Å².